The Morgan fingerprint density at radius 1 is 1.20 bits per heavy atom. The molecule has 1 N–H and O–H groups in total. The van der Waals surface area contributed by atoms with Crippen molar-refractivity contribution in [3.8, 4) is 0 Å². The summed E-state index contributed by atoms with van der Waals surface area (Å²) in [5.41, 5.74) is 0.241. The molecule has 0 aromatic heterocycles. The van der Waals surface area contributed by atoms with Crippen LogP contribution in [-0.2, 0) is 9.84 Å². The molecule has 0 radical (unpaired) electrons. The van der Waals surface area contributed by atoms with E-state index in [1.807, 2.05) is 0 Å². The average Bonchev–Trinajstić information content (AvgIpc) is 2.65. The van der Waals surface area contributed by atoms with Crippen LogP contribution < -0.4 is 5.32 Å². The number of benzene rings is 1. The fraction of sp³-hybridized carbons (Fsp3) is 0.632. The molecule has 1 amide bonds. The molecule has 25 heavy (non-hydrogen) atoms. The summed E-state index contributed by atoms with van der Waals surface area (Å²) in [6.45, 7) is 3.08. The smallest absolute Gasteiger partial charge is 0.252 e. The summed E-state index contributed by atoms with van der Waals surface area (Å²) in [7, 11) is -1.25. The van der Waals surface area contributed by atoms with E-state index in [0.29, 0.717) is 12.6 Å². The third-order valence-corrected chi connectivity index (χ3v) is 6.80. The van der Waals surface area contributed by atoms with Gasteiger partial charge in [0.25, 0.3) is 5.91 Å². The monoisotopic (exact) mass is 366 g/mol. The van der Waals surface area contributed by atoms with Gasteiger partial charge in [-0.2, -0.15) is 0 Å². The Hall–Kier alpha value is -1.40. The molecule has 1 aromatic rings. The van der Waals surface area contributed by atoms with Crippen LogP contribution in [0.15, 0.2) is 29.2 Å². The fourth-order valence-corrected chi connectivity index (χ4v) is 4.50. The Balaban J connectivity index is 1.85. The van der Waals surface area contributed by atoms with Gasteiger partial charge in [0, 0.05) is 12.6 Å². The van der Waals surface area contributed by atoms with Gasteiger partial charge in [-0.05, 0) is 45.0 Å². The van der Waals surface area contributed by atoms with E-state index in [9.17, 15) is 13.2 Å². The molecular weight excluding hydrogens is 336 g/mol. The molecule has 0 spiro atoms. The second kappa shape index (κ2) is 9.34. The van der Waals surface area contributed by atoms with Crippen molar-refractivity contribution in [1.29, 1.82) is 0 Å². The van der Waals surface area contributed by atoms with Gasteiger partial charge >= 0.3 is 0 Å². The third kappa shape index (κ3) is 5.54. The van der Waals surface area contributed by atoms with E-state index in [0.717, 1.165) is 13.0 Å². The minimum atomic E-state index is -3.40. The topological polar surface area (TPSA) is 66.5 Å². The van der Waals surface area contributed by atoms with E-state index in [1.165, 1.54) is 38.2 Å². The summed E-state index contributed by atoms with van der Waals surface area (Å²) in [5, 5.41) is 2.86. The number of carbonyl (C=O) groups is 1. The molecule has 6 heteroatoms. The number of amides is 1. The van der Waals surface area contributed by atoms with E-state index in [4.69, 9.17) is 0 Å². The molecule has 140 valence electrons. The summed E-state index contributed by atoms with van der Waals surface area (Å²) in [5.74, 6) is -0.323. The van der Waals surface area contributed by atoms with E-state index in [1.54, 1.807) is 25.1 Å². The highest BCUT2D eigenvalue weighted by atomic mass is 32.2. The van der Waals surface area contributed by atoms with Gasteiger partial charge in [0.1, 0.15) is 0 Å². The minimum absolute atomic E-state index is 0.0104. The first-order chi connectivity index (χ1) is 12.0. The van der Waals surface area contributed by atoms with Gasteiger partial charge in [-0.3, -0.25) is 4.79 Å². The maximum absolute atomic E-state index is 12.4. The second-order valence-electron chi connectivity index (χ2n) is 6.78. The first-order valence-corrected chi connectivity index (χ1v) is 10.9. The number of sulfone groups is 1. The summed E-state index contributed by atoms with van der Waals surface area (Å²) < 4.78 is 24.3. The van der Waals surface area contributed by atoms with Gasteiger partial charge in [-0.1, -0.05) is 38.3 Å². The van der Waals surface area contributed by atoms with Crippen molar-refractivity contribution in [2.24, 2.45) is 0 Å². The number of carbonyl (C=O) groups excluding carboxylic acids is 1. The number of nitrogens with one attached hydrogen (secondary N) is 1. The highest BCUT2D eigenvalue weighted by molar-refractivity contribution is 7.91. The molecule has 0 aliphatic heterocycles. The molecule has 0 atom stereocenters. The zero-order chi connectivity index (χ0) is 18.3. The molecule has 0 heterocycles. The van der Waals surface area contributed by atoms with Crippen molar-refractivity contribution in [2.75, 3.05) is 25.9 Å². The van der Waals surface area contributed by atoms with Crippen molar-refractivity contribution in [1.82, 2.24) is 10.2 Å². The quantitative estimate of drug-likeness (QED) is 0.719. The molecule has 1 aliphatic rings. The standard InChI is InChI=1S/C19H30N2O3S/c1-3-25(23,24)18-13-8-7-12-17(18)19(22)20-14-9-15-21(2)16-10-5-4-6-11-16/h7-8,12-13,16H,3-6,9-11,14-15H2,1-2H3,(H,20,22). The molecule has 1 fully saturated rings. The maximum Gasteiger partial charge on any atom is 0.252 e. The van der Waals surface area contributed by atoms with Crippen LogP contribution in [0.25, 0.3) is 0 Å². The lowest BCUT2D eigenvalue weighted by Crippen LogP contribution is -2.36. The van der Waals surface area contributed by atoms with Crippen LogP contribution >= 0.6 is 0 Å². The Labute approximate surface area is 151 Å². The molecule has 1 aromatic carbocycles. The SMILES string of the molecule is CCS(=O)(=O)c1ccccc1C(=O)NCCCN(C)C1CCCCC1. The lowest BCUT2D eigenvalue weighted by atomic mass is 9.94. The predicted octanol–water partition coefficient (Wildman–Crippen LogP) is 2.86. The Morgan fingerprint density at radius 3 is 2.56 bits per heavy atom. The molecule has 5 nitrogen and oxygen atoms in total. The largest absolute Gasteiger partial charge is 0.352 e. The summed E-state index contributed by atoms with van der Waals surface area (Å²) in [6.07, 6.45) is 7.38. The summed E-state index contributed by atoms with van der Waals surface area (Å²) in [4.78, 5) is 14.9. The lowest BCUT2D eigenvalue weighted by molar-refractivity contribution is 0.0947. The van der Waals surface area contributed by atoms with Crippen molar-refractivity contribution in [3.05, 3.63) is 29.8 Å². The predicted molar refractivity (Wildman–Crippen MR) is 101 cm³/mol. The first-order valence-electron chi connectivity index (χ1n) is 9.26. The molecule has 1 saturated carbocycles. The van der Waals surface area contributed by atoms with Crippen LogP contribution in [0.1, 0.15) is 55.8 Å². The van der Waals surface area contributed by atoms with Crippen molar-refractivity contribution < 1.29 is 13.2 Å². The van der Waals surface area contributed by atoms with Crippen molar-refractivity contribution in [3.63, 3.8) is 0 Å². The van der Waals surface area contributed by atoms with Crippen LogP contribution in [0.5, 0.6) is 0 Å². The van der Waals surface area contributed by atoms with Crippen LogP contribution in [0, 0.1) is 0 Å². The van der Waals surface area contributed by atoms with E-state index < -0.39 is 9.84 Å². The van der Waals surface area contributed by atoms with E-state index in [2.05, 4.69) is 17.3 Å². The number of hydrogen-bond acceptors (Lipinski definition) is 4. The summed E-state index contributed by atoms with van der Waals surface area (Å²) >= 11 is 0. The van der Waals surface area contributed by atoms with Gasteiger partial charge < -0.3 is 10.2 Å². The minimum Gasteiger partial charge on any atom is -0.352 e. The summed E-state index contributed by atoms with van der Waals surface area (Å²) in [6, 6.07) is 7.09. The third-order valence-electron chi connectivity index (χ3n) is 5.02. The Morgan fingerprint density at radius 2 is 1.88 bits per heavy atom. The van der Waals surface area contributed by atoms with E-state index >= 15 is 0 Å². The number of rotatable bonds is 8. The lowest BCUT2D eigenvalue weighted by Gasteiger charge is -2.31. The zero-order valence-electron chi connectivity index (χ0n) is 15.3. The molecule has 2 rings (SSSR count). The molecule has 0 bridgehead atoms. The zero-order valence-corrected chi connectivity index (χ0v) is 16.1. The van der Waals surface area contributed by atoms with Crippen molar-refractivity contribution >= 4 is 15.7 Å². The van der Waals surface area contributed by atoms with Gasteiger partial charge in [0.05, 0.1) is 16.2 Å². The van der Waals surface area contributed by atoms with Gasteiger partial charge in [0.2, 0.25) is 0 Å². The molecule has 0 saturated heterocycles. The Bertz CT molecular complexity index is 667. The van der Waals surface area contributed by atoms with Crippen LogP contribution in [0.4, 0.5) is 0 Å². The number of hydrogen-bond donors (Lipinski definition) is 1. The first kappa shape index (κ1) is 19.9. The van der Waals surface area contributed by atoms with Gasteiger partial charge in [0.15, 0.2) is 9.84 Å². The van der Waals surface area contributed by atoms with Crippen molar-refractivity contribution in [2.45, 2.75) is 56.4 Å². The molecule has 1 aliphatic carbocycles. The van der Waals surface area contributed by atoms with E-state index in [-0.39, 0.29) is 22.1 Å². The van der Waals surface area contributed by atoms with Gasteiger partial charge in [-0.15, -0.1) is 0 Å². The normalized spacial score (nSPS) is 16.1. The molecule has 0 unspecified atom stereocenters. The van der Waals surface area contributed by atoms with Crippen LogP contribution in [-0.4, -0.2) is 51.2 Å². The maximum atomic E-state index is 12.4. The average molecular weight is 367 g/mol. The van der Waals surface area contributed by atoms with Crippen LogP contribution in [0.3, 0.4) is 0 Å². The van der Waals surface area contributed by atoms with Crippen LogP contribution in [0.2, 0.25) is 0 Å². The number of nitrogens with zero attached hydrogens (tertiary/aromatic N) is 1. The van der Waals surface area contributed by atoms with Gasteiger partial charge in [-0.25, -0.2) is 8.42 Å². The highest BCUT2D eigenvalue weighted by Gasteiger charge is 2.20. The fourth-order valence-electron chi connectivity index (χ4n) is 3.41. The second-order valence-corrected chi connectivity index (χ2v) is 9.03. The highest BCUT2D eigenvalue weighted by Crippen LogP contribution is 2.21. The molecular formula is C19H30N2O3S. The Kier molecular flexibility index (Phi) is 7.44.